The topological polar surface area (TPSA) is 59.8 Å². The first-order valence-electron chi connectivity index (χ1n) is 9.10. The minimum absolute atomic E-state index is 0.115. The van der Waals surface area contributed by atoms with Crippen molar-refractivity contribution in [3.05, 3.63) is 114 Å². The van der Waals surface area contributed by atoms with Crippen molar-refractivity contribution in [2.24, 2.45) is 0 Å². The van der Waals surface area contributed by atoms with E-state index in [0.29, 0.717) is 5.56 Å². The van der Waals surface area contributed by atoms with E-state index < -0.39 is 0 Å². The van der Waals surface area contributed by atoms with E-state index in [1.165, 1.54) is 11.1 Å². The molecule has 0 unspecified atom stereocenters. The molecule has 5 heteroatoms. The maximum Gasteiger partial charge on any atom is 0.255 e. The molecule has 0 atom stereocenters. The molecule has 0 saturated heterocycles. The molecular formula is C23H20N4O. The van der Waals surface area contributed by atoms with Crippen LogP contribution in [0.15, 0.2) is 91.8 Å². The fourth-order valence-electron chi connectivity index (χ4n) is 3.00. The summed E-state index contributed by atoms with van der Waals surface area (Å²) < 4.78 is 1.99. The molecule has 0 saturated carbocycles. The number of amides is 1. The predicted molar refractivity (Wildman–Crippen MR) is 109 cm³/mol. The third-order valence-electron chi connectivity index (χ3n) is 4.51. The van der Waals surface area contributed by atoms with Crippen molar-refractivity contribution < 1.29 is 4.79 Å². The summed E-state index contributed by atoms with van der Waals surface area (Å²) in [5.41, 5.74) is 4.94. The summed E-state index contributed by atoms with van der Waals surface area (Å²) in [7, 11) is 0. The number of carbonyl (C=O) groups is 1. The average molecular weight is 368 g/mol. The van der Waals surface area contributed by atoms with Gasteiger partial charge >= 0.3 is 0 Å². The number of hydrogen-bond donors (Lipinski definition) is 1. The van der Waals surface area contributed by atoms with Crippen LogP contribution in [0.3, 0.4) is 0 Å². The van der Waals surface area contributed by atoms with Gasteiger partial charge in [0.25, 0.3) is 5.91 Å². The molecule has 4 aromatic rings. The van der Waals surface area contributed by atoms with Gasteiger partial charge in [-0.05, 0) is 59.5 Å². The molecule has 0 aliphatic rings. The van der Waals surface area contributed by atoms with E-state index in [1.54, 1.807) is 24.9 Å². The lowest BCUT2D eigenvalue weighted by Gasteiger charge is -2.08. The molecule has 0 fully saturated rings. The van der Waals surface area contributed by atoms with Crippen LogP contribution >= 0.6 is 0 Å². The normalized spacial score (nSPS) is 10.6. The minimum Gasteiger partial charge on any atom is -0.333 e. The Bertz CT molecular complexity index is 1020. The van der Waals surface area contributed by atoms with Gasteiger partial charge in [-0.1, -0.05) is 24.3 Å². The Labute approximate surface area is 163 Å². The third-order valence-corrected chi connectivity index (χ3v) is 4.51. The maximum atomic E-state index is 12.5. The SMILES string of the molecule is O=C(Nc1ccc(Cc2ccncc2)cc1)c1ccc(Cn2ccnc2)cc1. The van der Waals surface area contributed by atoms with Crippen molar-refractivity contribution in [2.75, 3.05) is 5.32 Å². The standard InChI is InChI=1S/C23H20N4O/c28-23(21-5-1-20(2-6-21)16-27-14-13-25-17-27)26-22-7-3-18(4-8-22)15-19-9-11-24-12-10-19/h1-14,17H,15-16H2,(H,26,28). The first kappa shape index (κ1) is 17.7. The van der Waals surface area contributed by atoms with Crippen molar-refractivity contribution in [3.8, 4) is 0 Å². The molecule has 28 heavy (non-hydrogen) atoms. The number of nitrogens with one attached hydrogen (secondary N) is 1. The molecular weight excluding hydrogens is 348 g/mol. The molecule has 4 rings (SSSR count). The van der Waals surface area contributed by atoms with Crippen LogP contribution in [-0.4, -0.2) is 20.4 Å². The van der Waals surface area contributed by atoms with Crippen LogP contribution in [0.2, 0.25) is 0 Å². The maximum absolute atomic E-state index is 12.5. The Morgan fingerprint density at radius 1 is 0.786 bits per heavy atom. The largest absolute Gasteiger partial charge is 0.333 e. The number of anilines is 1. The predicted octanol–water partition coefficient (Wildman–Crippen LogP) is 4.17. The van der Waals surface area contributed by atoms with Gasteiger partial charge in [0.2, 0.25) is 0 Å². The van der Waals surface area contributed by atoms with E-state index in [-0.39, 0.29) is 5.91 Å². The molecule has 0 radical (unpaired) electrons. The van der Waals surface area contributed by atoms with Crippen molar-refractivity contribution in [3.63, 3.8) is 0 Å². The highest BCUT2D eigenvalue weighted by atomic mass is 16.1. The average Bonchev–Trinajstić information content (AvgIpc) is 3.24. The fraction of sp³-hybridized carbons (Fsp3) is 0.0870. The summed E-state index contributed by atoms with van der Waals surface area (Å²) in [6, 6.07) is 19.6. The molecule has 5 nitrogen and oxygen atoms in total. The Hall–Kier alpha value is -3.73. The van der Waals surface area contributed by atoms with E-state index >= 15 is 0 Å². The number of aromatic nitrogens is 3. The fourth-order valence-corrected chi connectivity index (χ4v) is 3.00. The molecule has 138 valence electrons. The first-order valence-corrected chi connectivity index (χ1v) is 9.10. The molecule has 0 aliphatic heterocycles. The molecule has 2 heterocycles. The second kappa shape index (κ2) is 8.31. The van der Waals surface area contributed by atoms with E-state index in [0.717, 1.165) is 24.2 Å². The Morgan fingerprint density at radius 3 is 2.14 bits per heavy atom. The molecule has 0 aliphatic carbocycles. The number of hydrogen-bond acceptors (Lipinski definition) is 3. The number of benzene rings is 2. The lowest BCUT2D eigenvalue weighted by atomic mass is 10.1. The summed E-state index contributed by atoms with van der Waals surface area (Å²) >= 11 is 0. The minimum atomic E-state index is -0.115. The summed E-state index contributed by atoms with van der Waals surface area (Å²) in [5.74, 6) is -0.115. The van der Waals surface area contributed by atoms with E-state index in [2.05, 4.69) is 15.3 Å². The van der Waals surface area contributed by atoms with Crippen LogP contribution in [-0.2, 0) is 13.0 Å². The zero-order chi connectivity index (χ0) is 19.2. The highest BCUT2D eigenvalue weighted by Gasteiger charge is 2.06. The van der Waals surface area contributed by atoms with Crippen LogP contribution in [0, 0.1) is 0 Å². The second-order valence-electron chi connectivity index (χ2n) is 6.62. The molecule has 2 aromatic carbocycles. The number of pyridine rings is 1. The quantitative estimate of drug-likeness (QED) is 0.556. The first-order chi connectivity index (χ1) is 13.8. The van der Waals surface area contributed by atoms with Gasteiger partial charge in [0.15, 0.2) is 0 Å². The van der Waals surface area contributed by atoms with Gasteiger partial charge in [-0.15, -0.1) is 0 Å². The highest BCUT2D eigenvalue weighted by molar-refractivity contribution is 6.04. The highest BCUT2D eigenvalue weighted by Crippen LogP contribution is 2.15. The summed E-state index contributed by atoms with van der Waals surface area (Å²) in [6.45, 7) is 0.737. The third kappa shape index (κ3) is 4.51. The van der Waals surface area contributed by atoms with Crippen molar-refractivity contribution in [2.45, 2.75) is 13.0 Å². The van der Waals surface area contributed by atoms with Gasteiger partial charge in [-0.25, -0.2) is 4.98 Å². The van der Waals surface area contributed by atoms with Gasteiger partial charge < -0.3 is 9.88 Å². The van der Waals surface area contributed by atoms with Crippen LogP contribution in [0.5, 0.6) is 0 Å². The van der Waals surface area contributed by atoms with Crippen LogP contribution < -0.4 is 5.32 Å². The van der Waals surface area contributed by atoms with Gasteiger partial charge in [0, 0.05) is 42.6 Å². The molecule has 0 spiro atoms. The number of carbonyl (C=O) groups excluding carboxylic acids is 1. The Balaban J connectivity index is 1.36. The van der Waals surface area contributed by atoms with Gasteiger partial charge in [0.1, 0.15) is 0 Å². The van der Waals surface area contributed by atoms with Crippen molar-refractivity contribution in [1.82, 2.24) is 14.5 Å². The summed E-state index contributed by atoms with van der Waals surface area (Å²) in [6.07, 6.45) is 9.88. The Morgan fingerprint density at radius 2 is 1.46 bits per heavy atom. The number of nitrogens with zero attached hydrogens (tertiary/aromatic N) is 3. The Kier molecular flexibility index (Phi) is 5.24. The van der Waals surface area contributed by atoms with E-state index in [4.69, 9.17) is 0 Å². The zero-order valence-electron chi connectivity index (χ0n) is 15.3. The van der Waals surface area contributed by atoms with E-state index in [1.807, 2.05) is 71.4 Å². The van der Waals surface area contributed by atoms with Crippen molar-refractivity contribution >= 4 is 11.6 Å². The summed E-state index contributed by atoms with van der Waals surface area (Å²) in [4.78, 5) is 20.6. The molecule has 1 N–H and O–H groups in total. The van der Waals surface area contributed by atoms with Crippen LogP contribution in [0.1, 0.15) is 27.0 Å². The zero-order valence-corrected chi connectivity index (χ0v) is 15.3. The van der Waals surface area contributed by atoms with Gasteiger partial charge in [-0.3, -0.25) is 9.78 Å². The van der Waals surface area contributed by atoms with E-state index in [9.17, 15) is 4.79 Å². The second-order valence-corrected chi connectivity index (χ2v) is 6.62. The molecule has 2 aromatic heterocycles. The van der Waals surface area contributed by atoms with Gasteiger partial charge in [-0.2, -0.15) is 0 Å². The lowest BCUT2D eigenvalue weighted by Crippen LogP contribution is -2.12. The van der Waals surface area contributed by atoms with Crippen LogP contribution in [0.25, 0.3) is 0 Å². The monoisotopic (exact) mass is 368 g/mol. The van der Waals surface area contributed by atoms with Crippen LogP contribution in [0.4, 0.5) is 5.69 Å². The van der Waals surface area contributed by atoms with Gasteiger partial charge in [0.05, 0.1) is 6.33 Å². The smallest absolute Gasteiger partial charge is 0.255 e. The van der Waals surface area contributed by atoms with Crippen molar-refractivity contribution in [1.29, 1.82) is 0 Å². The molecule has 1 amide bonds. The number of rotatable bonds is 6. The molecule has 0 bridgehead atoms. The number of imidazole rings is 1. The summed E-state index contributed by atoms with van der Waals surface area (Å²) in [5, 5.41) is 2.95. The lowest BCUT2D eigenvalue weighted by molar-refractivity contribution is 0.102.